The van der Waals surface area contributed by atoms with Crippen molar-refractivity contribution in [3.05, 3.63) is 89.1 Å². The van der Waals surface area contributed by atoms with Crippen LogP contribution in [0.5, 0.6) is 28.7 Å². The molecule has 0 unspecified atom stereocenters. The summed E-state index contributed by atoms with van der Waals surface area (Å²) >= 11 is 0. The van der Waals surface area contributed by atoms with Crippen molar-refractivity contribution in [1.82, 2.24) is 5.06 Å². The number of ether oxygens (including phenoxy) is 6. The lowest BCUT2D eigenvalue weighted by atomic mass is 9.99. The van der Waals surface area contributed by atoms with E-state index in [1.165, 1.54) is 6.20 Å². The summed E-state index contributed by atoms with van der Waals surface area (Å²) < 4.78 is 34.9. The Kier molecular flexibility index (Phi) is 11.3. The summed E-state index contributed by atoms with van der Waals surface area (Å²) in [5.41, 5.74) is 3.59. The van der Waals surface area contributed by atoms with Crippen LogP contribution in [-0.4, -0.2) is 51.2 Å². The van der Waals surface area contributed by atoms with Crippen molar-refractivity contribution >= 4 is 5.91 Å². The second-order valence-electron chi connectivity index (χ2n) is 10.2. The van der Waals surface area contributed by atoms with Gasteiger partial charge in [0.05, 0.1) is 53.7 Å². The highest BCUT2D eigenvalue weighted by atomic mass is 16.5. The number of amides is 1. The fourth-order valence-electron chi connectivity index (χ4n) is 5.17. The van der Waals surface area contributed by atoms with Gasteiger partial charge >= 0.3 is 0 Å². The first kappa shape index (κ1) is 31.7. The zero-order valence-corrected chi connectivity index (χ0v) is 25.5. The Balaban J connectivity index is 1.54. The summed E-state index contributed by atoms with van der Waals surface area (Å²) in [6, 6.07) is 17.2. The molecular weight excluding hydrogens is 550 g/mol. The van der Waals surface area contributed by atoms with Crippen molar-refractivity contribution in [2.75, 3.05) is 35.0 Å². The van der Waals surface area contributed by atoms with Gasteiger partial charge in [0.2, 0.25) is 5.75 Å². The van der Waals surface area contributed by atoms with Crippen molar-refractivity contribution in [3.63, 3.8) is 0 Å². The van der Waals surface area contributed by atoms with Crippen LogP contribution in [0.25, 0.3) is 0 Å². The molecule has 1 aliphatic heterocycles. The molecule has 230 valence electrons. The van der Waals surface area contributed by atoms with Crippen molar-refractivity contribution in [1.29, 1.82) is 0 Å². The molecule has 1 saturated heterocycles. The highest BCUT2D eigenvalue weighted by molar-refractivity contribution is 5.78. The molecule has 0 radical (unpaired) electrons. The molecule has 0 aliphatic carbocycles. The molecular formula is C34H41NO8. The topological polar surface area (TPSA) is 95.9 Å². The van der Waals surface area contributed by atoms with Crippen LogP contribution in [0, 0.1) is 0 Å². The molecule has 1 amide bonds. The van der Waals surface area contributed by atoms with Gasteiger partial charge in [0, 0.05) is 11.8 Å². The minimum absolute atomic E-state index is 0.0992. The second kappa shape index (κ2) is 15.3. The van der Waals surface area contributed by atoms with E-state index in [1.54, 1.807) is 34.5 Å². The molecule has 0 bridgehead atoms. The second-order valence-corrected chi connectivity index (χ2v) is 10.2. The lowest BCUT2D eigenvalue weighted by Gasteiger charge is -2.20. The smallest absolute Gasteiger partial charge is 0.254 e. The Hall–Kier alpha value is -4.21. The largest absolute Gasteiger partial charge is 0.493 e. The highest BCUT2D eigenvalue weighted by Gasteiger charge is 2.31. The fourth-order valence-corrected chi connectivity index (χ4v) is 5.17. The van der Waals surface area contributed by atoms with E-state index in [0.717, 1.165) is 41.5 Å². The minimum atomic E-state index is -0.423. The Morgan fingerprint density at radius 3 is 2.02 bits per heavy atom. The quantitative estimate of drug-likeness (QED) is 0.165. The zero-order valence-electron chi connectivity index (χ0n) is 25.5. The summed E-state index contributed by atoms with van der Waals surface area (Å²) in [5, 5.41) is 11.0. The molecule has 1 N–H and O–H groups in total. The molecule has 2 atom stereocenters. The molecule has 4 rings (SSSR count). The SMILES string of the molecule is CCCOc1c(CC=CN(O)C(=O)Cc2ccccc2)cc([C@@H]2CC[C@@H](c3cc(OC)c(OC)c(OC)c3)O2)cc1OC. The first-order valence-electron chi connectivity index (χ1n) is 14.4. The van der Waals surface area contributed by atoms with Crippen LogP contribution >= 0.6 is 0 Å². The number of benzene rings is 3. The van der Waals surface area contributed by atoms with Crippen LogP contribution in [0.1, 0.15) is 60.6 Å². The summed E-state index contributed by atoms with van der Waals surface area (Å²) in [7, 11) is 6.39. The molecule has 43 heavy (non-hydrogen) atoms. The lowest BCUT2D eigenvalue weighted by molar-refractivity contribution is -0.153. The normalized spacial score (nSPS) is 16.2. The number of hydroxylamine groups is 2. The fraction of sp³-hybridized carbons (Fsp3) is 0.382. The predicted molar refractivity (Wildman–Crippen MR) is 162 cm³/mol. The van der Waals surface area contributed by atoms with Crippen molar-refractivity contribution in [3.8, 4) is 28.7 Å². The molecule has 0 saturated carbocycles. The maximum atomic E-state index is 12.5. The van der Waals surface area contributed by atoms with Gasteiger partial charge in [0.25, 0.3) is 5.91 Å². The Morgan fingerprint density at radius 2 is 1.47 bits per heavy atom. The first-order valence-corrected chi connectivity index (χ1v) is 14.4. The van der Waals surface area contributed by atoms with Crippen LogP contribution in [0.2, 0.25) is 0 Å². The van der Waals surface area contributed by atoms with E-state index >= 15 is 0 Å². The first-order chi connectivity index (χ1) is 20.9. The third-order valence-electron chi connectivity index (χ3n) is 7.31. The van der Waals surface area contributed by atoms with E-state index in [1.807, 2.05) is 61.5 Å². The van der Waals surface area contributed by atoms with Crippen LogP contribution in [0.4, 0.5) is 0 Å². The summed E-state index contributed by atoms with van der Waals surface area (Å²) in [4.78, 5) is 12.5. The number of nitrogens with zero attached hydrogens (tertiary/aromatic N) is 1. The van der Waals surface area contributed by atoms with Gasteiger partial charge in [-0.1, -0.05) is 43.3 Å². The van der Waals surface area contributed by atoms with Gasteiger partial charge in [0.15, 0.2) is 23.0 Å². The number of methoxy groups -OCH3 is 4. The van der Waals surface area contributed by atoms with Gasteiger partial charge in [0.1, 0.15) is 0 Å². The van der Waals surface area contributed by atoms with Crippen LogP contribution in [-0.2, 0) is 22.4 Å². The molecule has 0 aromatic heterocycles. The van der Waals surface area contributed by atoms with E-state index < -0.39 is 5.91 Å². The average molecular weight is 592 g/mol. The molecule has 1 heterocycles. The maximum absolute atomic E-state index is 12.5. The summed E-state index contributed by atoms with van der Waals surface area (Å²) in [6.07, 6.45) is 5.70. The van der Waals surface area contributed by atoms with E-state index in [0.29, 0.717) is 46.8 Å². The van der Waals surface area contributed by atoms with Gasteiger partial charge in [-0.15, -0.1) is 0 Å². The highest BCUT2D eigenvalue weighted by Crippen LogP contribution is 2.47. The monoisotopic (exact) mass is 591 g/mol. The Morgan fingerprint density at radius 1 is 0.884 bits per heavy atom. The molecule has 1 fully saturated rings. The van der Waals surface area contributed by atoms with Crippen LogP contribution in [0.3, 0.4) is 0 Å². The molecule has 0 spiro atoms. The number of hydrogen-bond acceptors (Lipinski definition) is 8. The lowest BCUT2D eigenvalue weighted by Crippen LogP contribution is -2.23. The van der Waals surface area contributed by atoms with Crippen LogP contribution in [0.15, 0.2) is 66.9 Å². The van der Waals surface area contributed by atoms with Gasteiger partial charge in [-0.25, -0.2) is 0 Å². The number of carbonyl (C=O) groups excluding carboxylic acids is 1. The van der Waals surface area contributed by atoms with Crippen molar-refractivity contribution in [2.24, 2.45) is 0 Å². The van der Waals surface area contributed by atoms with E-state index in [2.05, 4.69) is 0 Å². The van der Waals surface area contributed by atoms with Gasteiger partial charge in [-0.2, -0.15) is 5.06 Å². The molecule has 9 heteroatoms. The van der Waals surface area contributed by atoms with Crippen molar-refractivity contribution < 1.29 is 38.4 Å². The average Bonchev–Trinajstić information content (AvgIpc) is 3.54. The summed E-state index contributed by atoms with van der Waals surface area (Å²) in [5.74, 6) is 2.52. The van der Waals surface area contributed by atoms with Gasteiger partial charge in [-0.3, -0.25) is 10.0 Å². The maximum Gasteiger partial charge on any atom is 0.254 e. The number of allylic oxidation sites excluding steroid dienone is 1. The van der Waals surface area contributed by atoms with Crippen molar-refractivity contribution in [2.45, 2.75) is 51.2 Å². The van der Waals surface area contributed by atoms with E-state index in [4.69, 9.17) is 28.4 Å². The number of carbonyl (C=O) groups is 1. The van der Waals surface area contributed by atoms with Gasteiger partial charge in [-0.05, 0) is 66.6 Å². The van der Waals surface area contributed by atoms with Crippen LogP contribution < -0.4 is 23.7 Å². The molecule has 9 nitrogen and oxygen atoms in total. The molecule has 1 aliphatic rings. The van der Waals surface area contributed by atoms with E-state index in [9.17, 15) is 10.0 Å². The summed E-state index contributed by atoms with van der Waals surface area (Å²) in [6.45, 7) is 2.56. The zero-order chi connectivity index (χ0) is 30.8. The molecule has 3 aromatic rings. The minimum Gasteiger partial charge on any atom is -0.493 e. The predicted octanol–water partition coefficient (Wildman–Crippen LogP) is 6.62. The Labute approximate surface area is 253 Å². The van der Waals surface area contributed by atoms with E-state index in [-0.39, 0.29) is 18.6 Å². The third-order valence-corrected chi connectivity index (χ3v) is 7.31. The number of rotatable bonds is 14. The number of hydrogen-bond donors (Lipinski definition) is 1. The Bertz CT molecular complexity index is 1370. The van der Waals surface area contributed by atoms with Gasteiger partial charge < -0.3 is 28.4 Å². The standard InChI is InChI=1S/C34H41NO8/c1-6-17-42-33-24(13-10-16-35(37)32(36)18-23-11-8-7-9-12-23)19-25(20-29(33)38-2)27-14-15-28(43-27)26-21-30(39-3)34(41-5)31(22-26)40-4/h7-12,16,19-22,27-28,37H,6,13-15,17-18H2,1-5H3/t27-,28-/m0/s1. The molecule has 3 aromatic carbocycles. The third kappa shape index (κ3) is 7.80.